The number of azo groups is 1. The van der Waals surface area contributed by atoms with Gasteiger partial charge < -0.3 is 0 Å². The van der Waals surface area contributed by atoms with E-state index in [1.807, 2.05) is 18.2 Å². The molecule has 0 fully saturated rings. The molecule has 11 heavy (non-hydrogen) atoms. The monoisotopic (exact) mass is 149 g/mol. The van der Waals surface area contributed by atoms with Crippen molar-refractivity contribution in [3.8, 4) is 0 Å². The average molecular weight is 149 g/mol. The molecule has 0 aliphatic rings. The van der Waals surface area contributed by atoms with E-state index in [-0.39, 0.29) is 0 Å². The summed E-state index contributed by atoms with van der Waals surface area (Å²) in [5.41, 5.74) is 0. The Morgan fingerprint density at radius 3 is 3.00 bits per heavy atom. The van der Waals surface area contributed by atoms with Crippen molar-refractivity contribution >= 4 is 5.82 Å². The van der Waals surface area contributed by atoms with E-state index in [1.54, 1.807) is 6.20 Å². The first-order valence-corrected chi connectivity index (χ1v) is 3.72. The average Bonchev–Trinajstić information content (AvgIpc) is 2.07. The predicted molar refractivity (Wildman–Crippen MR) is 43.9 cm³/mol. The van der Waals surface area contributed by atoms with E-state index < -0.39 is 0 Å². The maximum Gasteiger partial charge on any atom is 0.173 e. The van der Waals surface area contributed by atoms with Crippen LogP contribution in [0.2, 0.25) is 0 Å². The maximum atomic E-state index is 3.99. The first-order chi connectivity index (χ1) is 5.43. The van der Waals surface area contributed by atoms with Crippen LogP contribution in [0.4, 0.5) is 5.82 Å². The third-order valence-electron chi connectivity index (χ3n) is 1.15. The summed E-state index contributed by atoms with van der Waals surface area (Å²) in [7, 11) is 0. The number of pyridine rings is 1. The molecule has 3 heteroatoms. The molecule has 0 saturated carbocycles. The lowest BCUT2D eigenvalue weighted by atomic mass is 10.5. The second kappa shape index (κ2) is 4.55. The molecule has 1 rings (SSSR count). The number of rotatable bonds is 3. The molecule has 58 valence electrons. The highest BCUT2D eigenvalue weighted by Gasteiger charge is 1.84. The van der Waals surface area contributed by atoms with E-state index in [9.17, 15) is 0 Å². The maximum absolute atomic E-state index is 3.99. The van der Waals surface area contributed by atoms with E-state index >= 15 is 0 Å². The van der Waals surface area contributed by atoms with E-state index in [0.717, 1.165) is 13.0 Å². The topological polar surface area (TPSA) is 37.6 Å². The zero-order valence-corrected chi connectivity index (χ0v) is 6.57. The number of hydrogen-bond acceptors (Lipinski definition) is 3. The van der Waals surface area contributed by atoms with Crippen molar-refractivity contribution < 1.29 is 0 Å². The molecular formula is C8H11N3. The van der Waals surface area contributed by atoms with Gasteiger partial charge in [-0.1, -0.05) is 13.0 Å². The smallest absolute Gasteiger partial charge is 0.173 e. The molecule has 3 nitrogen and oxygen atoms in total. The molecule has 0 bridgehead atoms. The van der Waals surface area contributed by atoms with Crippen molar-refractivity contribution in [1.29, 1.82) is 0 Å². The van der Waals surface area contributed by atoms with E-state index in [0.29, 0.717) is 5.82 Å². The largest absolute Gasteiger partial charge is 0.236 e. The zero-order valence-electron chi connectivity index (χ0n) is 6.57. The Morgan fingerprint density at radius 2 is 2.36 bits per heavy atom. The summed E-state index contributed by atoms with van der Waals surface area (Å²) < 4.78 is 0. The lowest BCUT2D eigenvalue weighted by Crippen LogP contribution is -1.73. The summed E-state index contributed by atoms with van der Waals surface area (Å²) in [6.07, 6.45) is 2.73. The van der Waals surface area contributed by atoms with Gasteiger partial charge in [-0.3, -0.25) is 0 Å². The molecule has 0 amide bonds. The lowest BCUT2D eigenvalue weighted by Gasteiger charge is -1.87. The fraction of sp³-hybridized carbons (Fsp3) is 0.375. The van der Waals surface area contributed by atoms with Crippen molar-refractivity contribution in [2.75, 3.05) is 6.54 Å². The number of hydrogen-bond donors (Lipinski definition) is 0. The molecule has 0 aliphatic carbocycles. The van der Waals surface area contributed by atoms with Gasteiger partial charge in [-0.05, 0) is 18.6 Å². The van der Waals surface area contributed by atoms with E-state index in [1.165, 1.54) is 0 Å². The minimum absolute atomic E-state index is 0.681. The van der Waals surface area contributed by atoms with Crippen LogP contribution in [0.15, 0.2) is 34.6 Å². The number of aromatic nitrogens is 1. The fourth-order valence-electron chi connectivity index (χ4n) is 0.635. The molecule has 0 aliphatic heterocycles. The van der Waals surface area contributed by atoms with Crippen LogP contribution >= 0.6 is 0 Å². The van der Waals surface area contributed by atoms with E-state index in [2.05, 4.69) is 22.1 Å². The molecule has 0 unspecified atom stereocenters. The van der Waals surface area contributed by atoms with Gasteiger partial charge in [-0.15, -0.1) is 5.11 Å². The second-order valence-corrected chi connectivity index (χ2v) is 2.15. The Balaban J connectivity index is 2.50. The van der Waals surface area contributed by atoms with Gasteiger partial charge >= 0.3 is 0 Å². The van der Waals surface area contributed by atoms with Crippen molar-refractivity contribution in [1.82, 2.24) is 4.98 Å². The molecule has 0 saturated heterocycles. The molecule has 0 radical (unpaired) electrons. The van der Waals surface area contributed by atoms with Gasteiger partial charge in [0.2, 0.25) is 0 Å². The van der Waals surface area contributed by atoms with Crippen LogP contribution in [0.25, 0.3) is 0 Å². The van der Waals surface area contributed by atoms with Crippen molar-refractivity contribution in [3.05, 3.63) is 24.4 Å². The van der Waals surface area contributed by atoms with Crippen LogP contribution in [0.3, 0.4) is 0 Å². The summed E-state index contributed by atoms with van der Waals surface area (Å²) in [6, 6.07) is 5.59. The van der Waals surface area contributed by atoms with Gasteiger partial charge in [-0.2, -0.15) is 5.11 Å². The highest BCUT2D eigenvalue weighted by molar-refractivity contribution is 5.23. The quantitative estimate of drug-likeness (QED) is 0.608. The standard InChI is InChI=1S/C8H11N3/c1-2-6-10-11-8-5-3-4-7-9-8/h3-5,7H,2,6H2,1H3. The molecular weight excluding hydrogens is 138 g/mol. The van der Waals surface area contributed by atoms with Crippen LogP contribution in [-0.2, 0) is 0 Å². The van der Waals surface area contributed by atoms with Crippen LogP contribution in [0.1, 0.15) is 13.3 Å². The molecule has 1 aromatic rings. The third-order valence-corrected chi connectivity index (χ3v) is 1.15. The lowest BCUT2D eigenvalue weighted by molar-refractivity contribution is 0.871. The first-order valence-electron chi connectivity index (χ1n) is 3.72. The summed E-state index contributed by atoms with van der Waals surface area (Å²) in [6.45, 7) is 2.84. The summed E-state index contributed by atoms with van der Waals surface area (Å²) >= 11 is 0. The SMILES string of the molecule is CCCN=Nc1ccccn1. The molecule has 1 aromatic heterocycles. The van der Waals surface area contributed by atoms with Gasteiger partial charge in [0.05, 0.1) is 6.54 Å². The van der Waals surface area contributed by atoms with Crippen molar-refractivity contribution in [2.45, 2.75) is 13.3 Å². The molecule has 0 aromatic carbocycles. The van der Waals surface area contributed by atoms with Crippen LogP contribution in [0, 0.1) is 0 Å². The Kier molecular flexibility index (Phi) is 3.25. The van der Waals surface area contributed by atoms with E-state index in [4.69, 9.17) is 0 Å². The van der Waals surface area contributed by atoms with Gasteiger partial charge in [0.25, 0.3) is 0 Å². The summed E-state index contributed by atoms with van der Waals surface area (Å²) in [5, 5.41) is 7.83. The second-order valence-electron chi connectivity index (χ2n) is 2.15. The minimum Gasteiger partial charge on any atom is -0.236 e. The molecule has 0 N–H and O–H groups in total. The summed E-state index contributed by atoms with van der Waals surface area (Å²) in [4.78, 5) is 3.99. The minimum atomic E-state index is 0.681. The number of nitrogens with zero attached hydrogens (tertiary/aromatic N) is 3. The first kappa shape index (κ1) is 7.85. The fourth-order valence-corrected chi connectivity index (χ4v) is 0.635. The Bertz CT molecular complexity index is 218. The van der Waals surface area contributed by atoms with Crippen LogP contribution in [0.5, 0.6) is 0 Å². The Labute approximate surface area is 66.2 Å². The van der Waals surface area contributed by atoms with Gasteiger partial charge in [-0.25, -0.2) is 4.98 Å². The Hall–Kier alpha value is -1.25. The highest BCUT2D eigenvalue weighted by atomic mass is 15.1. The third kappa shape index (κ3) is 2.89. The highest BCUT2D eigenvalue weighted by Crippen LogP contribution is 2.04. The Morgan fingerprint density at radius 1 is 1.45 bits per heavy atom. The normalized spacial score (nSPS) is 10.6. The summed E-state index contributed by atoms with van der Waals surface area (Å²) in [5.74, 6) is 0.681. The molecule has 0 atom stereocenters. The van der Waals surface area contributed by atoms with Crippen LogP contribution in [-0.4, -0.2) is 11.5 Å². The van der Waals surface area contributed by atoms with Gasteiger partial charge in [0.1, 0.15) is 0 Å². The zero-order chi connectivity index (χ0) is 7.94. The van der Waals surface area contributed by atoms with Crippen molar-refractivity contribution in [3.63, 3.8) is 0 Å². The molecule has 0 spiro atoms. The van der Waals surface area contributed by atoms with Gasteiger partial charge in [0, 0.05) is 6.20 Å². The predicted octanol–water partition coefficient (Wildman–Crippen LogP) is 2.58. The molecule has 1 heterocycles. The van der Waals surface area contributed by atoms with Crippen molar-refractivity contribution in [2.24, 2.45) is 10.2 Å². The van der Waals surface area contributed by atoms with Gasteiger partial charge in [0.15, 0.2) is 5.82 Å². The van der Waals surface area contributed by atoms with Crippen LogP contribution < -0.4 is 0 Å².